The van der Waals surface area contributed by atoms with Crippen molar-refractivity contribution in [3.63, 3.8) is 0 Å². The first-order chi connectivity index (χ1) is 26.7. The Labute approximate surface area is 324 Å². The number of aromatic amines is 1. The van der Waals surface area contributed by atoms with Crippen LogP contribution < -0.4 is 24.6 Å². The summed E-state index contributed by atoms with van der Waals surface area (Å²) in [6.07, 6.45) is 0.742. The fourth-order valence-electron chi connectivity index (χ4n) is 9.32. The Bertz CT molecular complexity index is 2430. The molecule has 1 aromatic heterocycles. The molecule has 2 aliphatic carbocycles. The van der Waals surface area contributed by atoms with Gasteiger partial charge in [-0.05, 0) is 103 Å². The van der Waals surface area contributed by atoms with E-state index in [4.69, 9.17) is 14.2 Å². The van der Waals surface area contributed by atoms with Crippen molar-refractivity contribution in [3.05, 3.63) is 111 Å². The fourth-order valence-corrected chi connectivity index (χ4v) is 12.2. The lowest BCUT2D eigenvalue weighted by Crippen LogP contribution is -2.42. The molecule has 4 aromatic carbocycles. The average molecular weight is 776 g/mol. The number of esters is 1. The minimum absolute atomic E-state index is 0.00200. The molecule has 0 radical (unpaired) electrons. The quantitative estimate of drug-likeness (QED) is 0.115. The second-order valence-electron chi connectivity index (χ2n) is 14.3. The minimum Gasteiger partial charge on any atom is -0.490 e. The van der Waals surface area contributed by atoms with Gasteiger partial charge in [0.1, 0.15) is 0 Å². The molecule has 7 atom stereocenters. The maximum absolute atomic E-state index is 14.2. The number of benzene rings is 4. The molecule has 4 unspecified atom stereocenters. The number of hydrogen-bond donors (Lipinski definition) is 2. The van der Waals surface area contributed by atoms with E-state index in [2.05, 4.69) is 10.3 Å². The molecule has 4 aliphatic rings. The lowest BCUT2D eigenvalue weighted by molar-refractivity contribution is -0.123. The second kappa shape index (κ2) is 14.0. The summed E-state index contributed by atoms with van der Waals surface area (Å²) in [4.78, 5) is 71.5. The summed E-state index contributed by atoms with van der Waals surface area (Å²) in [5.41, 5.74) is 2.37. The number of aromatic nitrogens is 1. The van der Waals surface area contributed by atoms with Crippen LogP contribution >= 0.6 is 23.1 Å². The Morgan fingerprint density at radius 2 is 1.60 bits per heavy atom. The highest BCUT2D eigenvalue weighted by molar-refractivity contribution is 8.00. The number of fused-ring (bicyclic) bond motifs is 10. The van der Waals surface area contributed by atoms with E-state index >= 15 is 0 Å². The number of thiazole rings is 1. The lowest BCUT2D eigenvalue weighted by Gasteiger charge is -2.43. The van der Waals surface area contributed by atoms with Crippen LogP contribution in [0.1, 0.15) is 47.0 Å². The van der Waals surface area contributed by atoms with E-state index in [1.54, 1.807) is 49.0 Å². The van der Waals surface area contributed by atoms with Crippen molar-refractivity contribution in [2.45, 2.75) is 36.5 Å². The second-order valence-corrected chi connectivity index (χ2v) is 16.5. The Hall–Kier alpha value is -5.40. The van der Waals surface area contributed by atoms with Crippen molar-refractivity contribution >= 4 is 68.9 Å². The Kier molecular flexibility index (Phi) is 9.01. The number of nitrogens with one attached hydrogen (secondary N) is 2. The molecule has 1 saturated heterocycles. The zero-order chi connectivity index (χ0) is 38.0. The topological polar surface area (TPSA) is 144 Å². The third-order valence-corrected chi connectivity index (χ3v) is 14.0. The van der Waals surface area contributed by atoms with Gasteiger partial charge < -0.3 is 24.5 Å². The first kappa shape index (κ1) is 35.3. The minimum atomic E-state index is -0.487. The number of imide groups is 1. The van der Waals surface area contributed by atoms with E-state index < -0.39 is 17.8 Å². The maximum atomic E-state index is 14.2. The predicted octanol–water partition coefficient (Wildman–Crippen LogP) is 6.86. The Morgan fingerprint density at radius 1 is 0.836 bits per heavy atom. The predicted molar refractivity (Wildman–Crippen MR) is 209 cm³/mol. The number of H-pyrrole nitrogens is 1. The third-order valence-electron chi connectivity index (χ3n) is 11.4. The summed E-state index contributed by atoms with van der Waals surface area (Å²) in [7, 11) is 0. The number of nitrogens with zero attached hydrogens (tertiary/aromatic N) is 1. The van der Waals surface area contributed by atoms with E-state index in [1.807, 2.05) is 61.5 Å². The number of thioether (sulfide) groups is 1. The molecule has 3 fully saturated rings. The molecule has 2 aliphatic heterocycles. The Morgan fingerprint density at radius 3 is 2.36 bits per heavy atom. The van der Waals surface area contributed by atoms with Crippen LogP contribution in [0.3, 0.4) is 0 Å². The van der Waals surface area contributed by atoms with Gasteiger partial charge in [0.2, 0.25) is 11.8 Å². The van der Waals surface area contributed by atoms with E-state index in [0.717, 1.165) is 32.7 Å². The molecule has 2 saturated carbocycles. The standard InChI is InChI=1S/C42H37N3O8S2/c1-3-51-30-18-24(12-16-29(30)53-20-31(46)43-25-13-9-21-7-5-6-8-23(21)17-25)32-33-27-19-28(36(33)54-38-37(32)55-42(50)44-38)35-34(27)39(47)45(40(35)48)26-14-10-22(11-15-26)41(49)52-4-2/h5-18,27-28,32-36H,3-4,19-20H2,1-2H3,(H,43,46)(H,44,50)/t27-,28-,32-,33?,34?,35?,36?/m1/s1. The van der Waals surface area contributed by atoms with Crippen LogP contribution in [0.25, 0.3) is 10.8 Å². The smallest absolute Gasteiger partial charge is 0.338 e. The van der Waals surface area contributed by atoms with Crippen molar-refractivity contribution in [1.29, 1.82) is 0 Å². The van der Waals surface area contributed by atoms with E-state index in [0.29, 0.717) is 35.0 Å². The maximum Gasteiger partial charge on any atom is 0.338 e. The average Bonchev–Trinajstić information content (AvgIpc) is 3.93. The van der Waals surface area contributed by atoms with Gasteiger partial charge in [0.05, 0.1) is 41.3 Å². The summed E-state index contributed by atoms with van der Waals surface area (Å²) in [6, 6.07) is 25.8. The van der Waals surface area contributed by atoms with Crippen LogP contribution in [0.15, 0.2) is 94.7 Å². The molecule has 2 N–H and O–H groups in total. The highest BCUT2D eigenvalue weighted by atomic mass is 32.2. The number of ether oxygens (including phenoxy) is 3. The molecule has 11 nitrogen and oxygen atoms in total. The number of carbonyl (C=O) groups is 4. The van der Waals surface area contributed by atoms with Gasteiger partial charge in [0.15, 0.2) is 18.1 Å². The molecule has 0 spiro atoms. The van der Waals surface area contributed by atoms with Crippen molar-refractivity contribution in [1.82, 2.24) is 4.98 Å². The van der Waals surface area contributed by atoms with Gasteiger partial charge in [-0.1, -0.05) is 47.7 Å². The van der Waals surface area contributed by atoms with Gasteiger partial charge in [-0.15, -0.1) is 11.8 Å². The molecule has 55 heavy (non-hydrogen) atoms. The first-order valence-electron chi connectivity index (χ1n) is 18.5. The van der Waals surface area contributed by atoms with Crippen LogP contribution in [-0.4, -0.2) is 53.7 Å². The normalized spacial score (nSPS) is 24.7. The molecular weight excluding hydrogens is 739 g/mol. The van der Waals surface area contributed by atoms with Crippen LogP contribution in [-0.2, 0) is 19.1 Å². The number of hydrogen-bond acceptors (Lipinski definition) is 10. The fraction of sp³-hybridized carbons (Fsp3) is 0.310. The molecule has 3 heterocycles. The summed E-state index contributed by atoms with van der Waals surface area (Å²) < 4.78 is 17.2. The largest absolute Gasteiger partial charge is 0.490 e. The third kappa shape index (κ3) is 6.00. The lowest BCUT2D eigenvalue weighted by atomic mass is 9.68. The Balaban J connectivity index is 0.982. The van der Waals surface area contributed by atoms with E-state index in [-0.39, 0.29) is 64.7 Å². The first-order valence-corrected chi connectivity index (χ1v) is 20.2. The number of carbonyl (C=O) groups excluding carboxylic acids is 4. The van der Waals surface area contributed by atoms with Crippen LogP contribution in [0.2, 0.25) is 0 Å². The number of rotatable bonds is 10. The molecule has 5 aromatic rings. The van der Waals surface area contributed by atoms with Gasteiger partial charge >= 0.3 is 10.8 Å². The molecule has 9 rings (SSSR count). The highest BCUT2D eigenvalue weighted by Crippen LogP contribution is 2.69. The summed E-state index contributed by atoms with van der Waals surface area (Å²) >= 11 is 2.80. The van der Waals surface area contributed by atoms with Crippen molar-refractivity contribution in [3.8, 4) is 11.5 Å². The van der Waals surface area contributed by atoms with Gasteiger partial charge in [-0.3, -0.25) is 24.1 Å². The van der Waals surface area contributed by atoms with Gasteiger partial charge in [0, 0.05) is 21.7 Å². The van der Waals surface area contributed by atoms with Gasteiger partial charge in [-0.25, -0.2) is 4.79 Å². The highest BCUT2D eigenvalue weighted by Gasteiger charge is 2.69. The van der Waals surface area contributed by atoms with Gasteiger partial charge in [0.25, 0.3) is 5.91 Å². The van der Waals surface area contributed by atoms with Crippen LogP contribution in [0.4, 0.5) is 11.4 Å². The zero-order valence-corrected chi connectivity index (χ0v) is 31.6. The molecular formula is C42H37N3O8S2. The number of anilines is 2. The number of amides is 3. The van der Waals surface area contributed by atoms with Gasteiger partial charge in [-0.2, -0.15) is 0 Å². The summed E-state index contributed by atoms with van der Waals surface area (Å²) in [5, 5.41) is 5.81. The summed E-state index contributed by atoms with van der Waals surface area (Å²) in [5.74, 6) is -1.66. The molecule has 280 valence electrons. The molecule has 3 amide bonds. The van der Waals surface area contributed by atoms with Crippen molar-refractivity contribution in [2.24, 2.45) is 29.6 Å². The zero-order valence-electron chi connectivity index (χ0n) is 30.0. The molecule has 13 heteroatoms. The monoisotopic (exact) mass is 775 g/mol. The van der Waals surface area contributed by atoms with Crippen LogP contribution in [0.5, 0.6) is 11.5 Å². The van der Waals surface area contributed by atoms with E-state index in [1.165, 1.54) is 16.2 Å². The summed E-state index contributed by atoms with van der Waals surface area (Å²) in [6.45, 7) is 3.98. The SMILES string of the molecule is CCOC(=O)c1ccc(N2C(=O)C3C(C2=O)[C@@H]2C[C@H]3C3Sc4[nH]c(=O)sc4[C@H](c4ccc(OCC(=O)Nc5ccc6ccccc6c5)c(OCC)c4)C32)cc1. The molecule has 2 bridgehead atoms. The van der Waals surface area contributed by atoms with E-state index in [9.17, 15) is 24.0 Å². The van der Waals surface area contributed by atoms with Crippen LogP contribution in [0, 0.1) is 29.6 Å². The van der Waals surface area contributed by atoms with Crippen molar-refractivity contribution < 1.29 is 33.4 Å². The van der Waals surface area contributed by atoms with Crippen molar-refractivity contribution in [2.75, 3.05) is 30.0 Å².